The maximum absolute atomic E-state index is 12.9. The maximum atomic E-state index is 12.9. The van der Waals surface area contributed by atoms with Crippen LogP contribution < -0.4 is 5.56 Å². The summed E-state index contributed by atoms with van der Waals surface area (Å²) in [5.74, 6) is 6.64. The van der Waals surface area contributed by atoms with Gasteiger partial charge in [0.2, 0.25) is 0 Å². The lowest BCUT2D eigenvalue weighted by Gasteiger charge is -2.17. The second-order valence-electron chi connectivity index (χ2n) is 5.93. The van der Waals surface area contributed by atoms with E-state index in [4.69, 9.17) is 0 Å². The van der Waals surface area contributed by atoms with Crippen LogP contribution in [0.15, 0.2) is 47.3 Å². The maximum Gasteiger partial charge on any atom is 0.261 e. The van der Waals surface area contributed by atoms with Crippen molar-refractivity contribution in [1.29, 1.82) is 0 Å². The molecular weight excluding hydrogens is 303 g/mol. The van der Waals surface area contributed by atoms with E-state index in [1.807, 2.05) is 12.1 Å². The van der Waals surface area contributed by atoms with Crippen LogP contribution in [-0.4, -0.2) is 9.55 Å². The second-order valence-corrected chi connectivity index (χ2v) is 5.93. The van der Waals surface area contributed by atoms with Gasteiger partial charge < -0.3 is 0 Å². The molecule has 0 fully saturated rings. The topological polar surface area (TPSA) is 34.9 Å². The van der Waals surface area contributed by atoms with E-state index in [-0.39, 0.29) is 11.4 Å². The molecule has 24 heavy (non-hydrogen) atoms. The molecule has 0 unspecified atom stereocenters. The van der Waals surface area contributed by atoms with E-state index in [9.17, 15) is 9.18 Å². The largest absolute Gasteiger partial charge is 0.296 e. The zero-order valence-corrected chi connectivity index (χ0v) is 13.1. The summed E-state index contributed by atoms with van der Waals surface area (Å²) in [6, 6.07) is 11.5. The molecule has 1 aromatic heterocycles. The summed E-state index contributed by atoms with van der Waals surface area (Å²) in [6.45, 7) is 0.753. The first kappa shape index (κ1) is 14.6. The third kappa shape index (κ3) is 2.69. The highest BCUT2D eigenvalue weighted by atomic mass is 19.1. The van der Waals surface area contributed by atoms with Gasteiger partial charge in [-0.15, -0.1) is 0 Å². The summed E-state index contributed by atoms with van der Waals surface area (Å²) in [4.78, 5) is 17.2. The Kier molecular flexibility index (Phi) is 3.62. The molecule has 1 aliphatic rings. The lowest BCUT2D eigenvalue weighted by Crippen LogP contribution is -2.28. The number of benzene rings is 2. The number of hydrogen-bond donors (Lipinski definition) is 0. The zero-order chi connectivity index (χ0) is 16.5. The van der Waals surface area contributed by atoms with E-state index in [1.54, 1.807) is 22.8 Å². The van der Waals surface area contributed by atoms with Gasteiger partial charge in [-0.3, -0.25) is 9.36 Å². The van der Waals surface area contributed by atoms with Crippen molar-refractivity contribution in [2.24, 2.45) is 0 Å². The number of rotatable bonds is 0. The van der Waals surface area contributed by atoms with Gasteiger partial charge in [0.05, 0.1) is 10.9 Å². The molecule has 0 atom stereocenters. The highest BCUT2D eigenvalue weighted by Crippen LogP contribution is 2.16. The van der Waals surface area contributed by atoms with Crippen molar-refractivity contribution < 1.29 is 4.39 Å². The number of aromatic nitrogens is 2. The first-order chi connectivity index (χ1) is 11.7. The van der Waals surface area contributed by atoms with Crippen LogP contribution in [0.4, 0.5) is 4.39 Å². The second kappa shape index (κ2) is 5.93. The summed E-state index contributed by atoms with van der Waals surface area (Å²) in [5.41, 5.74) is 2.27. The Morgan fingerprint density at radius 3 is 2.58 bits per heavy atom. The van der Waals surface area contributed by atoms with Gasteiger partial charge >= 0.3 is 0 Å². The fraction of sp³-hybridized carbons (Fsp3) is 0.200. The van der Waals surface area contributed by atoms with Gasteiger partial charge in [0.1, 0.15) is 11.6 Å². The number of halogens is 1. The molecule has 3 nitrogen and oxygen atoms in total. The molecule has 0 aliphatic carbocycles. The average molecular weight is 318 g/mol. The molecule has 0 saturated heterocycles. The van der Waals surface area contributed by atoms with Crippen LogP contribution >= 0.6 is 0 Å². The van der Waals surface area contributed by atoms with Gasteiger partial charge in [-0.1, -0.05) is 11.8 Å². The fourth-order valence-corrected chi connectivity index (χ4v) is 3.00. The minimum absolute atomic E-state index is 0.0349. The summed E-state index contributed by atoms with van der Waals surface area (Å²) in [5, 5.41) is 0.632. The van der Waals surface area contributed by atoms with E-state index in [1.165, 1.54) is 12.1 Å². The molecule has 4 rings (SSSR count). The van der Waals surface area contributed by atoms with E-state index in [2.05, 4.69) is 16.8 Å². The van der Waals surface area contributed by atoms with Gasteiger partial charge in [0, 0.05) is 24.1 Å². The fourth-order valence-electron chi connectivity index (χ4n) is 3.00. The number of fused-ring (bicyclic) bond motifs is 2. The molecular formula is C20H15FN2O. The van der Waals surface area contributed by atoms with E-state index in [0.29, 0.717) is 10.9 Å². The SMILES string of the molecule is O=c1c2ccc(C#Cc3ccc(F)cc3)cc2nc2n1CCCC2. The van der Waals surface area contributed by atoms with Crippen LogP contribution in [0.3, 0.4) is 0 Å². The molecule has 4 heteroatoms. The van der Waals surface area contributed by atoms with Crippen molar-refractivity contribution >= 4 is 10.9 Å². The molecule has 0 bridgehead atoms. The van der Waals surface area contributed by atoms with Crippen molar-refractivity contribution in [3.8, 4) is 11.8 Å². The molecule has 2 heterocycles. The summed E-state index contributed by atoms with van der Waals surface area (Å²) >= 11 is 0. The third-order valence-electron chi connectivity index (χ3n) is 4.26. The minimum atomic E-state index is -0.277. The first-order valence-corrected chi connectivity index (χ1v) is 8.02. The standard InChI is InChI=1S/C20H15FN2O/c21-16-9-6-14(7-10-16)4-5-15-8-11-17-18(13-15)22-19-3-1-2-12-23(19)20(17)24/h6-11,13H,1-3,12H2. The molecule has 0 radical (unpaired) electrons. The van der Waals surface area contributed by atoms with Crippen LogP contribution in [0.1, 0.15) is 29.8 Å². The van der Waals surface area contributed by atoms with Crippen molar-refractivity contribution in [3.05, 3.63) is 75.6 Å². The van der Waals surface area contributed by atoms with E-state index in [0.717, 1.165) is 42.8 Å². The lowest BCUT2D eigenvalue weighted by molar-refractivity contribution is 0.501. The lowest BCUT2D eigenvalue weighted by atomic mass is 10.1. The molecule has 118 valence electrons. The molecule has 0 N–H and O–H groups in total. The van der Waals surface area contributed by atoms with Crippen LogP contribution in [0.25, 0.3) is 10.9 Å². The van der Waals surface area contributed by atoms with Crippen LogP contribution in [-0.2, 0) is 13.0 Å². The smallest absolute Gasteiger partial charge is 0.261 e. The third-order valence-corrected chi connectivity index (χ3v) is 4.26. The molecule has 0 saturated carbocycles. The molecule has 0 amide bonds. The normalized spacial score (nSPS) is 13.2. The molecule has 3 aromatic rings. The first-order valence-electron chi connectivity index (χ1n) is 8.02. The number of nitrogens with zero attached hydrogens (tertiary/aromatic N) is 2. The quantitative estimate of drug-likeness (QED) is 0.596. The average Bonchev–Trinajstić information content (AvgIpc) is 2.61. The van der Waals surface area contributed by atoms with E-state index >= 15 is 0 Å². The Bertz CT molecular complexity index is 1040. The Balaban J connectivity index is 1.76. The van der Waals surface area contributed by atoms with Crippen molar-refractivity contribution in [3.63, 3.8) is 0 Å². The predicted octanol–water partition coefficient (Wildman–Crippen LogP) is 3.27. The summed E-state index contributed by atoms with van der Waals surface area (Å²) in [7, 11) is 0. The minimum Gasteiger partial charge on any atom is -0.296 e. The van der Waals surface area contributed by atoms with Crippen molar-refractivity contribution in [2.45, 2.75) is 25.8 Å². The highest BCUT2D eigenvalue weighted by molar-refractivity contribution is 5.79. The Morgan fingerprint density at radius 1 is 1.00 bits per heavy atom. The van der Waals surface area contributed by atoms with Gasteiger partial charge in [-0.05, 0) is 55.3 Å². The Labute approximate surface area is 138 Å². The van der Waals surface area contributed by atoms with Gasteiger partial charge in [0.15, 0.2) is 0 Å². The molecule has 1 aliphatic heterocycles. The highest BCUT2D eigenvalue weighted by Gasteiger charge is 2.14. The van der Waals surface area contributed by atoms with Gasteiger partial charge in [-0.25, -0.2) is 9.37 Å². The van der Waals surface area contributed by atoms with Crippen LogP contribution in [0.5, 0.6) is 0 Å². The van der Waals surface area contributed by atoms with Crippen molar-refractivity contribution in [1.82, 2.24) is 9.55 Å². The predicted molar refractivity (Wildman–Crippen MR) is 91.3 cm³/mol. The van der Waals surface area contributed by atoms with Gasteiger partial charge in [-0.2, -0.15) is 0 Å². The Morgan fingerprint density at radius 2 is 1.75 bits per heavy atom. The van der Waals surface area contributed by atoms with Crippen LogP contribution in [0.2, 0.25) is 0 Å². The van der Waals surface area contributed by atoms with Crippen LogP contribution in [0, 0.1) is 17.7 Å². The van der Waals surface area contributed by atoms with E-state index < -0.39 is 0 Å². The molecule has 2 aromatic carbocycles. The number of hydrogen-bond acceptors (Lipinski definition) is 2. The summed E-state index contributed by atoms with van der Waals surface area (Å²) < 4.78 is 14.7. The Hall–Kier alpha value is -2.93. The van der Waals surface area contributed by atoms with Crippen molar-refractivity contribution in [2.75, 3.05) is 0 Å². The molecule has 0 spiro atoms. The monoisotopic (exact) mass is 318 g/mol. The zero-order valence-electron chi connectivity index (χ0n) is 13.1. The summed E-state index contributed by atoms with van der Waals surface area (Å²) in [6.07, 6.45) is 2.94. The number of aryl methyl sites for hydroxylation is 1. The van der Waals surface area contributed by atoms with Gasteiger partial charge in [0.25, 0.3) is 5.56 Å².